The molecule has 1 unspecified atom stereocenters. The number of hydrogen-bond donors (Lipinski definition) is 1. The Morgan fingerprint density at radius 2 is 1.76 bits per heavy atom. The molecule has 2 aliphatic rings. The van der Waals surface area contributed by atoms with Gasteiger partial charge in [-0.05, 0) is 92.7 Å². The normalized spacial score (nSPS) is 19.3. The fourth-order valence-electron chi connectivity index (χ4n) is 4.96. The average molecular weight is 407 g/mol. The Bertz CT molecular complexity index is 854. The summed E-state index contributed by atoms with van der Waals surface area (Å²) in [7, 11) is 0. The molecule has 153 valence electrons. The predicted octanol–water partition coefficient (Wildman–Crippen LogP) is 5.17. The first-order valence-electron chi connectivity index (χ1n) is 10.7. The van der Waals surface area contributed by atoms with E-state index >= 15 is 0 Å². The van der Waals surface area contributed by atoms with Crippen molar-refractivity contribution in [1.29, 1.82) is 0 Å². The van der Waals surface area contributed by atoms with Crippen LogP contribution in [-0.4, -0.2) is 52.8 Å². The van der Waals surface area contributed by atoms with Crippen LogP contribution in [0.5, 0.6) is 0 Å². The van der Waals surface area contributed by atoms with Crippen LogP contribution in [0.15, 0.2) is 16.5 Å². The Kier molecular flexibility index (Phi) is 8.57. The van der Waals surface area contributed by atoms with E-state index in [0.29, 0.717) is 37.2 Å². The fraction of sp³-hybridized carbons (Fsp3) is 0.583. The summed E-state index contributed by atoms with van der Waals surface area (Å²) in [5.41, 5.74) is 9.25. The number of fused-ring (bicyclic) bond motifs is 1. The number of oxime groups is 1. The quantitative estimate of drug-likeness (QED) is 0.403. The monoisotopic (exact) mass is 406 g/mol. The average Bonchev–Trinajstić information content (AvgIpc) is 3.13. The van der Waals surface area contributed by atoms with E-state index < -0.39 is 0 Å². The van der Waals surface area contributed by atoms with Crippen molar-refractivity contribution in [2.45, 2.75) is 85.5 Å². The topological polar surface area (TPSA) is 58.9 Å². The molecule has 1 N–H and O–H groups in total. The molecule has 1 aromatic rings. The van der Waals surface area contributed by atoms with E-state index in [9.17, 15) is 9.90 Å². The van der Waals surface area contributed by atoms with Gasteiger partial charge in [-0.3, -0.25) is 4.79 Å². The molecule has 0 aliphatic heterocycles. The molecule has 5 heteroatoms. The van der Waals surface area contributed by atoms with Crippen LogP contribution in [0.4, 0.5) is 0 Å². The van der Waals surface area contributed by atoms with Gasteiger partial charge in [0, 0.05) is 42.4 Å². The SMILES string of the molecule is CCCC(=NOCC)C1=C(O)CC(c2c(C)c(C)c(C)c3c2CCC3)CC1=O.[Na]. The Morgan fingerprint density at radius 3 is 2.38 bits per heavy atom. The van der Waals surface area contributed by atoms with E-state index in [1.165, 1.54) is 39.8 Å². The molecule has 1 radical (unpaired) electrons. The minimum Gasteiger partial charge on any atom is -0.511 e. The van der Waals surface area contributed by atoms with Crippen LogP contribution in [0, 0.1) is 20.8 Å². The molecule has 1 atom stereocenters. The number of carbonyl (C=O) groups is 1. The second kappa shape index (κ2) is 10.3. The molecule has 1 aromatic carbocycles. The summed E-state index contributed by atoms with van der Waals surface area (Å²) in [5, 5.41) is 15.0. The number of nitrogens with zero attached hydrogens (tertiary/aromatic N) is 1. The van der Waals surface area contributed by atoms with E-state index in [1.807, 2.05) is 13.8 Å². The zero-order valence-electron chi connectivity index (χ0n) is 18.9. The Balaban J connectivity index is 0.00000300. The molecule has 0 saturated heterocycles. The molecule has 2 aliphatic carbocycles. The molecule has 3 rings (SSSR count). The van der Waals surface area contributed by atoms with E-state index in [2.05, 4.69) is 25.9 Å². The largest absolute Gasteiger partial charge is 0.511 e. The van der Waals surface area contributed by atoms with Crippen LogP contribution in [0.1, 0.15) is 85.3 Å². The third-order valence-electron chi connectivity index (χ3n) is 6.45. The zero-order valence-corrected chi connectivity index (χ0v) is 20.9. The summed E-state index contributed by atoms with van der Waals surface area (Å²) < 4.78 is 0. The van der Waals surface area contributed by atoms with Crippen molar-refractivity contribution in [2.75, 3.05) is 6.61 Å². The maximum atomic E-state index is 13.1. The van der Waals surface area contributed by atoms with E-state index in [1.54, 1.807) is 0 Å². The van der Waals surface area contributed by atoms with Gasteiger partial charge in [-0.2, -0.15) is 0 Å². The van der Waals surface area contributed by atoms with Gasteiger partial charge in [0.25, 0.3) is 0 Å². The van der Waals surface area contributed by atoms with Crippen LogP contribution < -0.4 is 0 Å². The first kappa shape index (κ1) is 24.2. The summed E-state index contributed by atoms with van der Waals surface area (Å²) in [6.45, 7) is 10.9. The van der Waals surface area contributed by atoms with Gasteiger partial charge in [-0.25, -0.2) is 0 Å². The van der Waals surface area contributed by atoms with Gasteiger partial charge < -0.3 is 9.94 Å². The third-order valence-corrected chi connectivity index (χ3v) is 6.45. The maximum absolute atomic E-state index is 13.1. The summed E-state index contributed by atoms with van der Waals surface area (Å²) in [4.78, 5) is 18.3. The Hall–Kier alpha value is -1.10. The van der Waals surface area contributed by atoms with E-state index in [4.69, 9.17) is 4.84 Å². The molecule has 0 aromatic heterocycles. The summed E-state index contributed by atoms with van der Waals surface area (Å²) in [6, 6.07) is 0. The number of carbonyl (C=O) groups excluding carboxylic acids is 1. The second-order valence-corrected chi connectivity index (χ2v) is 8.16. The van der Waals surface area contributed by atoms with Gasteiger partial charge in [0.2, 0.25) is 0 Å². The zero-order chi connectivity index (χ0) is 20.4. The van der Waals surface area contributed by atoms with Crippen LogP contribution >= 0.6 is 0 Å². The molecule has 0 spiro atoms. The Morgan fingerprint density at radius 1 is 1.07 bits per heavy atom. The third kappa shape index (κ3) is 4.65. The number of rotatable bonds is 6. The molecule has 0 saturated carbocycles. The number of aliphatic hydroxyl groups is 1. The molecule has 0 fully saturated rings. The molecule has 0 heterocycles. The van der Waals surface area contributed by atoms with Crippen LogP contribution in [0.2, 0.25) is 0 Å². The second-order valence-electron chi connectivity index (χ2n) is 8.16. The summed E-state index contributed by atoms with van der Waals surface area (Å²) in [5.74, 6) is 0.222. The molecular formula is C24H33NNaO3. The van der Waals surface area contributed by atoms with Crippen molar-refractivity contribution in [3.8, 4) is 0 Å². The van der Waals surface area contributed by atoms with Crippen LogP contribution in [0.25, 0.3) is 0 Å². The molecule has 29 heavy (non-hydrogen) atoms. The molecule has 4 nitrogen and oxygen atoms in total. The smallest absolute Gasteiger partial charge is 0.168 e. The number of hydrogen-bond acceptors (Lipinski definition) is 4. The standard InChI is InChI=1S/C24H33NO3.Na/c1-6-9-20(25-28-7-2)24-21(26)12-17(13-22(24)27)23-16(5)14(3)15(4)18-10-8-11-19(18)23;/h17,26H,6-13H2,1-5H3;. The number of aliphatic hydroxyl groups excluding tert-OH is 1. The fourth-order valence-corrected chi connectivity index (χ4v) is 4.96. The number of ketones is 1. The first-order chi connectivity index (χ1) is 13.4. The van der Waals surface area contributed by atoms with Crippen molar-refractivity contribution >= 4 is 41.1 Å². The van der Waals surface area contributed by atoms with Crippen molar-refractivity contribution in [2.24, 2.45) is 5.16 Å². The van der Waals surface area contributed by atoms with Crippen LogP contribution in [0.3, 0.4) is 0 Å². The predicted molar refractivity (Wildman–Crippen MR) is 119 cm³/mol. The van der Waals surface area contributed by atoms with Gasteiger partial charge in [0.15, 0.2) is 5.78 Å². The Labute approximate surface area is 197 Å². The molecular weight excluding hydrogens is 373 g/mol. The first-order valence-corrected chi connectivity index (χ1v) is 10.7. The number of Topliss-reactive ketones (excluding diaryl/α,β-unsaturated/α-hetero) is 1. The van der Waals surface area contributed by atoms with E-state index in [0.717, 1.165) is 19.3 Å². The summed E-state index contributed by atoms with van der Waals surface area (Å²) in [6.07, 6.45) is 5.82. The minimum absolute atomic E-state index is 0. The van der Waals surface area contributed by atoms with Crippen molar-refractivity contribution in [3.63, 3.8) is 0 Å². The van der Waals surface area contributed by atoms with Gasteiger partial charge >= 0.3 is 0 Å². The van der Waals surface area contributed by atoms with Gasteiger partial charge in [-0.1, -0.05) is 18.5 Å². The van der Waals surface area contributed by atoms with Gasteiger partial charge in [0.1, 0.15) is 12.4 Å². The van der Waals surface area contributed by atoms with Gasteiger partial charge in [-0.15, -0.1) is 0 Å². The maximum Gasteiger partial charge on any atom is 0.168 e. The van der Waals surface area contributed by atoms with Crippen molar-refractivity contribution in [1.82, 2.24) is 0 Å². The van der Waals surface area contributed by atoms with Crippen molar-refractivity contribution < 1.29 is 14.7 Å². The van der Waals surface area contributed by atoms with Crippen LogP contribution in [-0.2, 0) is 22.5 Å². The number of benzene rings is 1. The van der Waals surface area contributed by atoms with Gasteiger partial charge in [0.05, 0.1) is 11.3 Å². The number of allylic oxidation sites excluding steroid dienone is 2. The molecule has 0 amide bonds. The minimum atomic E-state index is -0.00923. The van der Waals surface area contributed by atoms with E-state index in [-0.39, 0.29) is 47.0 Å². The molecule has 0 bridgehead atoms. The van der Waals surface area contributed by atoms with Crippen molar-refractivity contribution in [3.05, 3.63) is 44.7 Å². The summed E-state index contributed by atoms with van der Waals surface area (Å²) >= 11 is 0.